The molecule has 1 atom stereocenters. The third kappa shape index (κ3) is 1.90. The highest BCUT2D eigenvalue weighted by molar-refractivity contribution is 5.86. The van der Waals surface area contributed by atoms with Crippen LogP contribution in [0.1, 0.15) is 25.1 Å². The summed E-state index contributed by atoms with van der Waals surface area (Å²) in [5, 5.41) is 3.37. The van der Waals surface area contributed by atoms with Crippen LogP contribution in [0, 0.1) is 11.3 Å². The first-order valence-corrected chi connectivity index (χ1v) is 6.41. The lowest BCUT2D eigenvalue weighted by Gasteiger charge is -2.23. The third-order valence-electron chi connectivity index (χ3n) is 4.43. The molecule has 0 radical (unpaired) electrons. The fourth-order valence-corrected chi connectivity index (χ4v) is 3.13. The number of hydrogen-bond acceptors (Lipinski definition) is 3. The van der Waals surface area contributed by atoms with Crippen molar-refractivity contribution < 1.29 is 4.79 Å². The van der Waals surface area contributed by atoms with Crippen LogP contribution in [-0.2, 0) is 18.3 Å². The Labute approximate surface area is 101 Å². The second-order valence-corrected chi connectivity index (χ2v) is 5.47. The third-order valence-corrected chi connectivity index (χ3v) is 4.43. The molecule has 4 heteroatoms. The molecular formula is C13H19N3O. The van der Waals surface area contributed by atoms with E-state index in [9.17, 15) is 4.79 Å². The van der Waals surface area contributed by atoms with Gasteiger partial charge in [0.15, 0.2) is 0 Å². The molecule has 2 heterocycles. The van der Waals surface area contributed by atoms with Gasteiger partial charge in [-0.05, 0) is 37.8 Å². The molecule has 0 bridgehead atoms. The number of imidazole rings is 1. The zero-order valence-electron chi connectivity index (χ0n) is 10.3. The van der Waals surface area contributed by atoms with E-state index in [1.165, 1.54) is 12.8 Å². The van der Waals surface area contributed by atoms with E-state index >= 15 is 0 Å². The summed E-state index contributed by atoms with van der Waals surface area (Å²) in [6.07, 6.45) is 7.61. The van der Waals surface area contributed by atoms with Crippen LogP contribution in [0.3, 0.4) is 0 Å². The van der Waals surface area contributed by atoms with Gasteiger partial charge in [-0.25, -0.2) is 4.98 Å². The Morgan fingerprint density at radius 3 is 3.00 bits per heavy atom. The number of ketones is 1. The van der Waals surface area contributed by atoms with Crippen molar-refractivity contribution in [3.63, 3.8) is 0 Å². The maximum Gasteiger partial charge on any atom is 0.144 e. The summed E-state index contributed by atoms with van der Waals surface area (Å²) in [5.74, 6) is 1.59. The molecule has 17 heavy (non-hydrogen) atoms. The number of aromatic nitrogens is 2. The van der Waals surface area contributed by atoms with Crippen LogP contribution >= 0.6 is 0 Å². The van der Waals surface area contributed by atoms with Gasteiger partial charge in [-0.15, -0.1) is 0 Å². The number of rotatable bonds is 3. The molecule has 4 nitrogen and oxygen atoms in total. The van der Waals surface area contributed by atoms with Crippen molar-refractivity contribution in [2.24, 2.45) is 18.4 Å². The summed E-state index contributed by atoms with van der Waals surface area (Å²) < 4.78 is 1.94. The summed E-state index contributed by atoms with van der Waals surface area (Å²) >= 11 is 0. The smallest absolute Gasteiger partial charge is 0.144 e. The number of hydrogen-bond donors (Lipinski definition) is 1. The van der Waals surface area contributed by atoms with Crippen LogP contribution < -0.4 is 5.32 Å². The minimum Gasteiger partial charge on any atom is -0.338 e. The molecular weight excluding hydrogens is 214 g/mol. The van der Waals surface area contributed by atoms with Gasteiger partial charge in [0.1, 0.15) is 11.6 Å². The minimum atomic E-state index is 0.307. The molecule has 1 spiro atoms. The molecule has 1 saturated carbocycles. The van der Waals surface area contributed by atoms with Gasteiger partial charge >= 0.3 is 0 Å². The second kappa shape index (κ2) is 3.95. The first kappa shape index (κ1) is 11.0. The fourth-order valence-electron chi connectivity index (χ4n) is 3.13. The summed E-state index contributed by atoms with van der Waals surface area (Å²) in [6.45, 7) is 2.15. The van der Waals surface area contributed by atoms with Crippen molar-refractivity contribution in [3.05, 3.63) is 18.2 Å². The molecule has 1 saturated heterocycles. The molecule has 1 aromatic heterocycles. The van der Waals surface area contributed by atoms with Crippen LogP contribution in [-0.4, -0.2) is 28.4 Å². The number of aryl methyl sites for hydroxylation is 1. The molecule has 2 aliphatic rings. The molecule has 0 aromatic carbocycles. The van der Waals surface area contributed by atoms with Crippen molar-refractivity contribution in [2.45, 2.75) is 25.7 Å². The Kier molecular flexibility index (Phi) is 2.54. The molecule has 1 aliphatic heterocycles. The van der Waals surface area contributed by atoms with E-state index in [4.69, 9.17) is 0 Å². The molecule has 1 aliphatic carbocycles. The van der Waals surface area contributed by atoms with Gasteiger partial charge in [0.25, 0.3) is 0 Å². The van der Waals surface area contributed by atoms with Crippen LogP contribution in [0.2, 0.25) is 0 Å². The number of piperidine rings is 1. The lowest BCUT2D eigenvalue weighted by molar-refractivity contribution is -0.120. The molecule has 92 valence electrons. The summed E-state index contributed by atoms with van der Waals surface area (Å²) in [6, 6.07) is 0. The zero-order valence-corrected chi connectivity index (χ0v) is 10.3. The van der Waals surface area contributed by atoms with E-state index in [-0.39, 0.29) is 0 Å². The lowest BCUT2D eigenvalue weighted by atomic mass is 9.90. The van der Waals surface area contributed by atoms with E-state index in [1.54, 1.807) is 6.20 Å². The van der Waals surface area contributed by atoms with E-state index in [0.29, 0.717) is 23.5 Å². The van der Waals surface area contributed by atoms with Gasteiger partial charge in [-0.1, -0.05) is 0 Å². The van der Waals surface area contributed by atoms with E-state index < -0.39 is 0 Å². The molecule has 0 amide bonds. The Hall–Kier alpha value is -1.16. The Balaban J connectivity index is 1.63. The number of Topliss-reactive ketones (excluding diaryl/α,β-unsaturated/α-hetero) is 1. The quantitative estimate of drug-likeness (QED) is 0.844. The average Bonchev–Trinajstić information content (AvgIpc) is 2.87. The summed E-state index contributed by atoms with van der Waals surface area (Å²) in [5.41, 5.74) is 0.355. The first-order chi connectivity index (χ1) is 8.21. The lowest BCUT2D eigenvalue weighted by Crippen LogP contribution is -2.31. The Bertz CT molecular complexity index is 432. The highest BCUT2D eigenvalue weighted by Gasteiger charge is 2.57. The zero-order chi connectivity index (χ0) is 11.9. The highest BCUT2D eigenvalue weighted by Crippen LogP contribution is 2.59. The van der Waals surface area contributed by atoms with Gasteiger partial charge in [0.2, 0.25) is 0 Å². The monoisotopic (exact) mass is 233 g/mol. The summed E-state index contributed by atoms with van der Waals surface area (Å²) in [7, 11) is 1.95. The normalized spacial score (nSPS) is 26.1. The SMILES string of the molecule is Cn1ccnc1CC(=O)C1CC12CCNCC2. The number of carbonyl (C=O) groups is 1. The predicted octanol–water partition coefficient (Wildman–Crippen LogP) is 0.921. The van der Waals surface area contributed by atoms with Gasteiger partial charge in [0.05, 0.1) is 6.42 Å². The topological polar surface area (TPSA) is 46.9 Å². The second-order valence-electron chi connectivity index (χ2n) is 5.47. The van der Waals surface area contributed by atoms with Crippen LogP contribution in [0.25, 0.3) is 0 Å². The van der Waals surface area contributed by atoms with Crippen molar-refractivity contribution in [1.29, 1.82) is 0 Å². The number of carbonyl (C=O) groups excluding carboxylic acids is 1. The van der Waals surface area contributed by atoms with Gasteiger partial charge in [-0.3, -0.25) is 4.79 Å². The van der Waals surface area contributed by atoms with Gasteiger partial charge < -0.3 is 9.88 Å². The minimum absolute atomic E-state index is 0.307. The van der Waals surface area contributed by atoms with Crippen LogP contribution in [0.4, 0.5) is 0 Å². The Morgan fingerprint density at radius 2 is 2.35 bits per heavy atom. The average molecular weight is 233 g/mol. The molecule has 1 N–H and O–H groups in total. The maximum atomic E-state index is 12.2. The van der Waals surface area contributed by atoms with E-state index in [2.05, 4.69) is 10.3 Å². The predicted molar refractivity (Wildman–Crippen MR) is 64.6 cm³/mol. The number of nitrogens with one attached hydrogen (secondary N) is 1. The first-order valence-electron chi connectivity index (χ1n) is 6.41. The van der Waals surface area contributed by atoms with Crippen LogP contribution in [0.5, 0.6) is 0 Å². The molecule has 1 unspecified atom stereocenters. The van der Waals surface area contributed by atoms with E-state index in [1.807, 2.05) is 17.8 Å². The Morgan fingerprint density at radius 1 is 1.59 bits per heavy atom. The van der Waals surface area contributed by atoms with Crippen molar-refractivity contribution in [3.8, 4) is 0 Å². The van der Waals surface area contributed by atoms with Crippen molar-refractivity contribution in [2.75, 3.05) is 13.1 Å². The van der Waals surface area contributed by atoms with Crippen LogP contribution in [0.15, 0.2) is 12.4 Å². The largest absolute Gasteiger partial charge is 0.338 e. The molecule has 3 rings (SSSR count). The van der Waals surface area contributed by atoms with Crippen molar-refractivity contribution in [1.82, 2.24) is 14.9 Å². The highest BCUT2D eigenvalue weighted by atomic mass is 16.1. The molecule has 1 aromatic rings. The van der Waals surface area contributed by atoms with Gasteiger partial charge in [0, 0.05) is 25.4 Å². The standard InChI is InChI=1S/C13H19N3O/c1-16-7-6-15-12(16)8-11(17)10-9-13(10)2-4-14-5-3-13/h6-7,10,14H,2-5,8-9H2,1H3. The summed E-state index contributed by atoms with van der Waals surface area (Å²) in [4.78, 5) is 16.5. The molecule has 2 fully saturated rings. The van der Waals surface area contributed by atoms with E-state index in [0.717, 1.165) is 25.3 Å². The number of nitrogens with zero attached hydrogens (tertiary/aromatic N) is 2. The fraction of sp³-hybridized carbons (Fsp3) is 0.692. The van der Waals surface area contributed by atoms with Crippen molar-refractivity contribution >= 4 is 5.78 Å². The maximum absolute atomic E-state index is 12.2. The van der Waals surface area contributed by atoms with Gasteiger partial charge in [-0.2, -0.15) is 0 Å².